The predicted octanol–water partition coefficient (Wildman–Crippen LogP) is 2.70. The summed E-state index contributed by atoms with van der Waals surface area (Å²) in [6, 6.07) is 0.298. The number of rotatable bonds is 6. The van der Waals surface area contributed by atoms with Gasteiger partial charge in [-0.25, -0.2) is 4.79 Å². The Balaban J connectivity index is 1.50. The molecule has 3 atom stereocenters. The summed E-state index contributed by atoms with van der Waals surface area (Å²) in [5.74, 6) is 1.37. The smallest absolute Gasteiger partial charge is 0.315 e. The maximum absolute atomic E-state index is 11.9. The summed E-state index contributed by atoms with van der Waals surface area (Å²) in [7, 11) is 0. The van der Waals surface area contributed by atoms with Crippen LogP contribution in [-0.4, -0.2) is 44.5 Å². The molecule has 2 N–H and O–H groups in total. The molecule has 22 heavy (non-hydrogen) atoms. The normalized spacial score (nSPS) is 30.0. The summed E-state index contributed by atoms with van der Waals surface area (Å²) in [6.07, 6.45) is 6.72. The average molecular weight is 312 g/mol. The zero-order chi connectivity index (χ0) is 15.8. The summed E-state index contributed by atoms with van der Waals surface area (Å²) in [5.41, 5.74) is 0. The second-order valence-corrected chi connectivity index (χ2v) is 6.94. The molecule has 0 spiro atoms. The quantitative estimate of drug-likeness (QED) is 0.741. The summed E-state index contributed by atoms with van der Waals surface area (Å²) in [5, 5.41) is 6.07. The molecule has 5 nitrogen and oxygen atoms in total. The lowest BCUT2D eigenvalue weighted by Gasteiger charge is -2.33. The van der Waals surface area contributed by atoms with E-state index < -0.39 is 0 Å². The number of hydrogen-bond donors (Lipinski definition) is 2. The summed E-state index contributed by atoms with van der Waals surface area (Å²) in [4.78, 5) is 11.9. The van der Waals surface area contributed by atoms with Gasteiger partial charge in [-0.3, -0.25) is 0 Å². The molecule has 1 saturated heterocycles. The van der Waals surface area contributed by atoms with Crippen molar-refractivity contribution in [3.8, 4) is 0 Å². The molecule has 0 aromatic heterocycles. The number of nitrogens with one attached hydrogen (secondary N) is 2. The molecule has 2 fully saturated rings. The standard InChI is InChI=1S/C17H32N2O3/c1-13-4-5-16(14(2)12-13)19-17(20)18-8-3-9-22-15-6-10-21-11-7-15/h13-16H,3-12H2,1-2H3,(H2,18,19,20). The minimum Gasteiger partial charge on any atom is -0.381 e. The fourth-order valence-electron chi connectivity index (χ4n) is 3.47. The molecule has 0 radical (unpaired) electrons. The van der Waals surface area contributed by atoms with E-state index in [0.717, 1.165) is 44.8 Å². The van der Waals surface area contributed by atoms with Crippen LogP contribution in [0.5, 0.6) is 0 Å². The molecular weight excluding hydrogens is 280 g/mol. The first kappa shape index (κ1) is 17.5. The SMILES string of the molecule is CC1CCC(NC(=O)NCCCOC2CCOCC2)C(C)C1. The number of ether oxygens (including phenoxy) is 2. The van der Waals surface area contributed by atoms with E-state index in [1.54, 1.807) is 0 Å². The molecule has 3 unspecified atom stereocenters. The van der Waals surface area contributed by atoms with Crippen LogP contribution in [0.15, 0.2) is 0 Å². The van der Waals surface area contributed by atoms with E-state index in [2.05, 4.69) is 24.5 Å². The second-order valence-electron chi connectivity index (χ2n) is 6.94. The first-order valence-electron chi connectivity index (χ1n) is 8.89. The fourth-order valence-corrected chi connectivity index (χ4v) is 3.47. The maximum atomic E-state index is 11.9. The zero-order valence-corrected chi connectivity index (χ0v) is 14.1. The van der Waals surface area contributed by atoms with Gasteiger partial charge in [-0.1, -0.05) is 13.8 Å². The highest BCUT2D eigenvalue weighted by Crippen LogP contribution is 2.28. The van der Waals surface area contributed by atoms with Gasteiger partial charge in [0.1, 0.15) is 0 Å². The first-order chi connectivity index (χ1) is 10.6. The predicted molar refractivity (Wildman–Crippen MR) is 86.9 cm³/mol. The minimum absolute atomic E-state index is 0.0301. The third kappa shape index (κ3) is 6.13. The molecular formula is C17H32N2O3. The van der Waals surface area contributed by atoms with Crippen LogP contribution in [0.25, 0.3) is 0 Å². The lowest BCUT2D eigenvalue weighted by atomic mass is 9.80. The molecule has 1 aliphatic carbocycles. The van der Waals surface area contributed by atoms with Gasteiger partial charge in [-0.15, -0.1) is 0 Å². The third-order valence-electron chi connectivity index (χ3n) is 4.88. The Hall–Kier alpha value is -0.810. The fraction of sp³-hybridized carbons (Fsp3) is 0.941. The van der Waals surface area contributed by atoms with Gasteiger partial charge in [0.05, 0.1) is 6.10 Å². The van der Waals surface area contributed by atoms with Gasteiger partial charge in [0, 0.05) is 32.4 Å². The second kappa shape index (κ2) is 9.36. The Morgan fingerprint density at radius 1 is 1.18 bits per heavy atom. The van der Waals surface area contributed by atoms with Gasteiger partial charge < -0.3 is 20.1 Å². The zero-order valence-electron chi connectivity index (χ0n) is 14.1. The number of hydrogen-bond acceptors (Lipinski definition) is 3. The minimum atomic E-state index is -0.0301. The molecule has 128 valence electrons. The van der Waals surface area contributed by atoms with Crippen molar-refractivity contribution in [3.63, 3.8) is 0 Å². The molecule has 1 saturated carbocycles. The highest BCUT2D eigenvalue weighted by Gasteiger charge is 2.26. The monoisotopic (exact) mass is 312 g/mol. The van der Waals surface area contributed by atoms with Crippen LogP contribution in [0.1, 0.15) is 52.4 Å². The molecule has 2 aliphatic rings. The molecule has 2 rings (SSSR count). The van der Waals surface area contributed by atoms with Crippen LogP contribution < -0.4 is 10.6 Å². The van der Waals surface area contributed by atoms with Crippen molar-refractivity contribution in [1.29, 1.82) is 0 Å². The van der Waals surface area contributed by atoms with E-state index >= 15 is 0 Å². The van der Waals surface area contributed by atoms with Gasteiger partial charge in [-0.05, 0) is 50.4 Å². The van der Waals surface area contributed by atoms with Crippen LogP contribution in [0.2, 0.25) is 0 Å². The highest BCUT2D eigenvalue weighted by atomic mass is 16.5. The van der Waals surface area contributed by atoms with Crippen LogP contribution in [0.4, 0.5) is 4.79 Å². The van der Waals surface area contributed by atoms with Crippen LogP contribution in [0, 0.1) is 11.8 Å². The molecule has 0 aromatic carbocycles. The van der Waals surface area contributed by atoms with E-state index in [4.69, 9.17) is 9.47 Å². The van der Waals surface area contributed by atoms with E-state index in [-0.39, 0.29) is 6.03 Å². The summed E-state index contributed by atoms with van der Waals surface area (Å²) in [6.45, 7) is 7.54. The Kier molecular flexibility index (Phi) is 7.46. The molecule has 5 heteroatoms. The van der Waals surface area contributed by atoms with Gasteiger partial charge in [0.2, 0.25) is 0 Å². The molecule has 2 amide bonds. The summed E-state index contributed by atoms with van der Waals surface area (Å²) >= 11 is 0. The van der Waals surface area contributed by atoms with Crippen LogP contribution in [-0.2, 0) is 9.47 Å². The lowest BCUT2D eigenvalue weighted by molar-refractivity contribution is -0.0320. The third-order valence-corrected chi connectivity index (χ3v) is 4.88. The van der Waals surface area contributed by atoms with Crippen LogP contribution >= 0.6 is 0 Å². The highest BCUT2D eigenvalue weighted by molar-refractivity contribution is 5.74. The Labute approximate surface area is 134 Å². The van der Waals surface area contributed by atoms with Gasteiger partial charge in [0.25, 0.3) is 0 Å². The number of carbonyl (C=O) groups is 1. The average Bonchev–Trinajstić information content (AvgIpc) is 2.51. The van der Waals surface area contributed by atoms with E-state index in [1.165, 1.54) is 12.8 Å². The van der Waals surface area contributed by atoms with Crippen molar-refractivity contribution in [2.75, 3.05) is 26.4 Å². The van der Waals surface area contributed by atoms with Gasteiger partial charge >= 0.3 is 6.03 Å². The lowest BCUT2D eigenvalue weighted by Crippen LogP contribution is -2.47. The molecule has 0 aromatic rings. The Morgan fingerprint density at radius 2 is 1.95 bits per heavy atom. The number of amides is 2. The Morgan fingerprint density at radius 3 is 2.68 bits per heavy atom. The number of carbonyl (C=O) groups excluding carboxylic acids is 1. The van der Waals surface area contributed by atoms with Crippen molar-refractivity contribution in [3.05, 3.63) is 0 Å². The largest absolute Gasteiger partial charge is 0.381 e. The molecule has 0 bridgehead atoms. The topological polar surface area (TPSA) is 59.6 Å². The van der Waals surface area contributed by atoms with Gasteiger partial charge in [-0.2, -0.15) is 0 Å². The number of urea groups is 1. The van der Waals surface area contributed by atoms with E-state index in [1.807, 2.05) is 0 Å². The van der Waals surface area contributed by atoms with Crippen molar-refractivity contribution in [2.45, 2.75) is 64.5 Å². The van der Waals surface area contributed by atoms with Crippen molar-refractivity contribution in [1.82, 2.24) is 10.6 Å². The molecule has 1 aliphatic heterocycles. The van der Waals surface area contributed by atoms with Crippen molar-refractivity contribution < 1.29 is 14.3 Å². The van der Waals surface area contributed by atoms with Crippen molar-refractivity contribution in [2.24, 2.45) is 11.8 Å². The van der Waals surface area contributed by atoms with Crippen LogP contribution in [0.3, 0.4) is 0 Å². The first-order valence-corrected chi connectivity index (χ1v) is 8.89. The Bertz CT molecular complexity index is 332. The van der Waals surface area contributed by atoms with Gasteiger partial charge in [0.15, 0.2) is 0 Å². The van der Waals surface area contributed by atoms with Crippen molar-refractivity contribution >= 4 is 6.03 Å². The van der Waals surface area contributed by atoms with E-state index in [0.29, 0.717) is 31.2 Å². The van der Waals surface area contributed by atoms with E-state index in [9.17, 15) is 4.79 Å². The molecule has 1 heterocycles. The summed E-state index contributed by atoms with van der Waals surface area (Å²) < 4.78 is 11.1. The maximum Gasteiger partial charge on any atom is 0.315 e.